The van der Waals surface area contributed by atoms with Crippen LogP contribution in [0.1, 0.15) is 70.0 Å². The van der Waals surface area contributed by atoms with Crippen LogP contribution in [0, 0.1) is 0 Å². The summed E-state index contributed by atoms with van der Waals surface area (Å²) in [5.41, 5.74) is 0. The van der Waals surface area contributed by atoms with E-state index < -0.39 is 0 Å². The molecule has 7 heteroatoms. The fourth-order valence-corrected chi connectivity index (χ4v) is 5.87. The normalized spacial score (nSPS) is 25.9. The molecule has 4 nitrogen and oxygen atoms in total. The molecule has 1 aromatic heterocycles. The Morgan fingerprint density at radius 3 is 2.37 bits per heavy atom. The fraction of sp³-hybridized carbons (Fsp3) is 0.600. The van der Waals surface area contributed by atoms with Crippen molar-refractivity contribution in [2.45, 2.75) is 76.3 Å². The highest BCUT2D eigenvalue weighted by atomic mass is 79.9. The monoisotopic (exact) mass is 514 g/mol. The summed E-state index contributed by atoms with van der Waals surface area (Å²) in [6, 6.07) is 2.54. The van der Waals surface area contributed by atoms with Crippen molar-refractivity contribution in [2.24, 2.45) is 4.99 Å². The van der Waals surface area contributed by atoms with Gasteiger partial charge in [0, 0.05) is 12.1 Å². The van der Waals surface area contributed by atoms with E-state index in [0.717, 1.165) is 35.3 Å². The molecule has 0 unspecified atom stereocenters. The summed E-state index contributed by atoms with van der Waals surface area (Å²) in [6.45, 7) is 0. The number of furan rings is 1. The number of thioether (sulfide) groups is 1. The molecule has 0 atom stereocenters. The first-order valence-corrected chi connectivity index (χ1v) is 12.3. The number of hydrogen-bond acceptors (Lipinski definition) is 4. The second-order valence-corrected chi connectivity index (χ2v) is 10.1. The number of carbonyl (C=O) groups is 1. The molecule has 146 valence electrons. The van der Waals surface area contributed by atoms with Crippen molar-refractivity contribution in [1.29, 1.82) is 0 Å². The number of carbonyl (C=O) groups excluding carboxylic acids is 1. The molecule has 2 aliphatic carbocycles. The fourth-order valence-electron chi connectivity index (χ4n) is 4.17. The molecule has 0 N–H and O–H groups in total. The Balaban J connectivity index is 1.62. The van der Waals surface area contributed by atoms with Crippen molar-refractivity contribution < 1.29 is 9.21 Å². The smallest absolute Gasteiger partial charge is 0.267 e. The quantitative estimate of drug-likeness (QED) is 0.418. The minimum absolute atomic E-state index is 0.0881. The van der Waals surface area contributed by atoms with Gasteiger partial charge in [-0.1, -0.05) is 38.5 Å². The first-order chi connectivity index (χ1) is 13.1. The second-order valence-electron chi connectivity index (χ2n) is 7.55. The number of hydrogen-bond donors (Lipinski definition) is 0. The van der Waals surface area contributed by atoms with Gasteiger partial charge in [-0.15, -0.1) is 0 Å². The number of rotatable bonds is 3. The highest BCUT2D eigenvalue weighted by Gasteiger charge is 2.39. The standard InChI is InChI=1S/C20H24Br2N2O2S/c21-16-11-15(26-18(16)22)12-17-19(25)24(14-9-5-2-6-10-14)20(27-17)23-13-7-3-1-4-8-13/h11-14H,1-10H2. The number of amides is 1. The van der Waals surface area contributed by atoms with E-state index in [4.69, 9.17) is 9.41 Å². The topological polar surface area (TPSA) is 45.8 Å². The maximum Gasteiger partial charge on any atom is 0.267 e. The average Bonchev–Trinajstić information content (AvgIpc) is 3.15. The maximum absolute atomic E-state index is 13.2. The van der Waals surface area contributed by atoms with E-state index in [1.54, 1.807) is 0 Å². The molecular formula is C20H24Br2N2O2S. The van der Waals surface area contributed by atoms with E-state index in [1.807, 2.05) is 17.0 Å². The molecule has 3 aliphatic rings. The maximum atomic E-state index is 13.2. The Labute approximate surface area is 181 Å². The zero-order valence-corrected chi connectivity index (χ0v) is 19.2. The van der Waals surface area contributed by atoms with Gasteiger partial charge in [0.1, 0.15) is 5.76 Å². The molecule has 1 saturated heterocycles. The van der Waals surface area contributed by atoms with Gasteiger partial charge in [-0.05, 0) is 75.4 Å². The zero-order valence-electron chi connectivity index (χ0n) is 15.3. The van der Waals surface area contributed by atoms with Crippen molar-refractivity contribution in [3.05, 3.63) is 25.9 Å². The molecule has 0 bridgehead atoms. The summed E-state index contributed by atoms with van der Waals surface area (Å²) in [7, 11) is 0. The molecule has 2 saturated carbocycles. The van der Waals surface area contributed by atoms with Crippen LogP contribution in [0.25, 0.3) is 6.08 Å². The van der Waals surface area contributed by atoms with Crippen LogP contribution in [0.15, 0.2) is 29.5 Å². The van der Waals surface area contributed by atoms with Gasteiger partial charge < -0.3 is 4.42 Å². The molecule has 0 spiro atoms. The van der Waals surface area contributed by atoms with Crippen LogP contribution in [0.3, 0.4) is 0 Å². The first-order valence-electron chi connectivity index (χ1n) is 9.87. The predicted octanol–water partition coefficient (Wildman–Crippen LogP) is 6.74. The molecule has 1 aromatic rings. The molecule has 4 rings (SSSR count). The van der Waals surface area contributed by atoms with Crippen molar-refractivity contribution in [2.75, 3.05) is 0 Å². The minimum Gasteiger partial charge on any atom is -0.449 e. The lowest BCUT2D eigenvalue weighted by atomic mass is 9.94. The van der Waals surface area contributed by atoms with E-state index in [9.17, 15) is 4.79 Å². The number of aliphatic imine (C=N–C) groups is 1. The molecule has 3 fully saturated rings. The summed E-state index contributed by atoms with van der Waals surface area (Å²) in [6.07, 6.45) is 13.8. The highest BCUT2D eigenvalue weighted by Crippen LogP contribution is 2.39. The number of amidine groups is 1. The molecule has 1 amide bonds. The lowest BCUT2D eigenvalue weighted by Gasteiger charge is -2.31. The number of nitrogens with zero attached hydrogens (tertiary/aromatic N) is 2. The van der Waals surface area contributed by atoms with Gasteiger partial charge in [0.25, 0.3) is 5.91 Å². The van der Waals surface area contributed by atoms with Crippen molar-refractivity contribution in [3.8, 4) is 0 Å². The van der Waals surface area contributed by atoms with E-state index >= 15 is 0 Å². The molecule has 0 radical (unpaired) electrons. The Morgan fingerprint density at radius 1 is 1.07 bits per heavy atom. The van der Waals surface area contributed by atoms with Crippen molar-refractivity contribution in [3.63, 3.8) is 0 Å². The highest BCUT2D eigenvalue weighted by molar-refractivity contribution is 9.13. The lowest BCUT2D eigenvalue weighted by molar-refractivity contribution is -0.124. The van der Waals surface area contributed by atoms with Gasteiger partial charge in [-0.3, -0.25) is 14.7 Å². The zero-order chi connectivity index (χ0) is 18.8. The van der Waals surface area contributed by atoms with Gasteiger partial charge in [-0.25, -0.2) is 0 Å². The van der Waals surface area contributed by atoms with Crippen LogP contribution >= 0.6 is 43.6 Å². The third-order valence-corrected chi connectivity index (χ3v) is 8.29. The van der Waals surface area contributed by atoms with Gasteiger partial charge in [0.15, 0.2) is 9.84 Å². The Hall–Kier alpha value is -0.530. The lowest BCUT2D eigenvalue weighted by Crippen LogP contribution is -2.41. The second kappa shape index (κ2) is 8.87. The van der Waals surface area contributed by atoms with Crippen molar-refractivity contribution >= 4 is 60.8 Å². The van der Waals surface area contributed by atoms with Crippen LogP contribution in [-0.4, -0.2) is 28.1 Å². The van der Waals surface area contributed by atoms with Crippen LogP contribution in [0.2, 0.25) is 0 Å². The van der Waals surface area contributed by atoms with Crippen LogP contribution in [-0.2, 0) is 4.79 Å². The summed E-state index contributed by atoms with van der Waals surface area (Å²) >= 11 is 8.32. The molecule has 0 aromatic carbocycles. The van der Waals surface area contributed by atoms with Gasteiger partial charge in [-0.2, -0.15) is 0 Å². The first kappa shape index (κ1) is 19.8. The molecular weight excluding hydrogens is 492 g/mol. The van der Waals surface area contributed by atoms with Crippen LogP contribution in [0.5, 0.6) is 0 Å². The SMILES string of the molecule is O=C1C(=Cc2cc(Br)c(Br)o2)SC(=NC2CCCCC2)N1C1CCCCC1. The van der Waals surface area contributed by atoms with Gasteiger partial charge >= 0.3 is 0 Å². The summed E-state index contributed by atoms with van der Waals surface area (Å²) in [4.78, 5) is 21.0. The summed E-state index contributed by atoms with van der Waals surface area (Å²) in [5.74, 6) is 0.761. The third-order valence-electron chi connectivity index (χ3n) is 5.58. The van der Waals surface area contributed by atoms with E-state index in [-0.39, 0.29) is 5.91 Å². The summed E-state index contributed by atoms with van der Waals surface area (Å²) < 4.78 is 7.16. The van der Waals surface area contributed by atoms with E-state index in [2.05, 4.69) is 31.9 Å². The third kappa shape index (κ3) is 4.56. The largest absolute Gasteiger partial charge is 0.449 e. The van der Waals surface area contributed by atoms with E-state index in [1.165, 1.54) is 50.3 Å². The van der Waals surface area contributed by atoms with E-state index in [0.29, 0.717) is 27.4 Å². The van der Waals surface area contributed by atoms with Crippen LogP contribution < -0.4 is 0 Å². The predicted molar refractivity (Wildman–Crippen MR) is 118 cm³/mol. The van der Waals surface area contributed by atoms with Crippen molar-refractivity contribution in [1.82, 2.24) is 4.90 Å². The average molecular weight is 516 g/mol. The Morgan fingerprint density at radius 2 is 1.74 bits per heavy atom. The molecule has 2 heterocycles. The van der Waals surface area contributed by atoms with Gasteiger partial charge in [0.05, 0.1) is 15.4 Å². The summed E-state index contributed by atoms with van der Waals surface area (Å²) in [5, 5.41) is 0.912. The molecule has 27 heavy (non-hydrogen) atoms. The Kier molecular flexibility index (Phi) is 6.49. The molecule has 1 aliphatic heterocycles. The Bertz CT molecular complexity index is 743. The van der Waals surface area contributed by atoms with Crippen LogP contribution in [0.4, 0.5) is 0 Å². The van der Waals surface area contributed by atoms with Gasteiger partial charge in [0.2, 0.25) is 0 Å². The minimum atomic E-state index is 0.0881. The number of halogens is 2.